The van der Waals surface area contributed by atoms with E-state index in [1.807, 2.05) is 24.3 Å². The second-order valence-corrected chi connectivity index (χ2v) is 3.54. The zero-order valence-electron chi connectivity index (χ0n) is 8.12. The SMILES string of the molecule is CC(=O)Nc1ccc(C2COC2)cc1. The summed E-state index contributed by atoms with van der Waals surface area (Å²) in [6.45, 7) is 3.15. The van der Waals surface area contributed by atoms with E-state index in [9.17, 15) is 4.79 Å². The van der Waals surface area contributed by atoms with Crippen molar-refractivity contribution < 1.29 is 9.53 Å². The van der Waals surface area contributed by atoms with Crippen LogP contribution in [0.3, 0.4) is 0 Å². The van der Waals surface area contributed by atoms with E-state index in [1.54, 1.807) is 0 Å². The summed E-state index contributed by atoms with van der Waals surface area (Å²) in [6, 6.07) is 7.93. The van der Waals surface area contributed by atoms with Crippen molar-refractivity contribution in [3.05, 3.63) is 29.8 Å². The minimum atomic E-state index is -0.0373. The standard InChI is InChI=1S/C11H13NO2/c1-8(13)12-11-4-2-9(3-5-11)10-6-14-7-10/h2-5,10H,6-7H2,1H3,(H,12,13). The summed E-state index contributed by atoms with van der Waals surface area (Å²) in [5.74, 6) is 0.506. The predicted molar refractivity (Wildman–Crippen MR) is 54.3 cm³/mol. The number of benzene rings is 1. The number of amides is 1. The van der Waals surface area contributed by atoms with Gasteiger partial charge in [-0.05, 0) is 17.7 Å². The van der Waals surface area contributed by atoms with Crippen molar-refractivity contribution >= 4 is 11.6 Å². The van der Waals surface area contributed by atoms with Crippen LogP contribution in [-0.2, 0) is 9.53 Å². The Balaban J connectivity index is 2.05. The van der Waals surface area contributed by atoms with Gasteiger partial charge in [0.25, 0.3) is 0 Å². The highest BCUT2D eigenvalue weighted by Gasteiger charge is 2.19. The van der Waals surface area contributed by atoms with Gasteiger partial charge in [0.05, 0.1) is 13.2 Å². The van der Waals surface area contributed by atoms with Gasteiger partial charge in [-0.3, -0.25) is 4.79 Å². The highest BCUT2D eigenvalue weighted by Crippen LogP contribution is 2.24. The number of nitrogens with one attached hydrogen (secondary N) is 1. The van der Waals surface area contributed by atoms with E-state index in [1.165, 1.54) is 12.5 Å². The topological polar surface area (TPSA) is 38.3 Å². The molecule has 0 aliphatic carbocycles. The lowest BCUT2D eigenvalue weighted by Crippen LogP contribution is -2.24. The Hall–Kier alpha value is -1.35. The van der Waals surface area contributed by atoms with E-state index in [2.05, 4.69) is 5.32 Å². The molecule has 1 fully saturated rings. The van der Waals surface area contributed by atoms with E-state index in [4.69, 9.17) is 4.74 Å². The van der Waals surface area contributed by atoms with Gasteiger partial charge in [0.15, 0.2) is 0 Å². The van der Waals surface area contributed by atoms with Crippen LogP contribution in [0.5, 0.6) is 0 Å². The molecule has 0 spiro atoms. The predicted octanol–water partition coefficient (Wildman–Crippen LogP) is 1.76. The fraction of sp³-hybridized carbons (Fsp3) is 0.364. The van der Waals surface area contributed by atoms with Gasteiger partial charge >= 0.3 is 0 Å². The molecule has 2 rings (SSSR count). The zero-order chi connectivity index (χ0) is 9.97. The van der Waals surface area contributed by atoms with Gasteiger partial charge in [-0.25, -0.2) is 0 Å². The summed E-state index contributed by atoms with van der Waals surface area (Å²) in [5.41, 5.74) is 2.13. The van der Waals surface area contributed by atoms with Crippen molar-refractivity contribution in [2.24, 2.45) is 0 Å². The molecule has 1 aliphatic rings. The normalized spacial score (nSPS) is 16.1. The third kappa shape index (κ3) is 1.93. The van der Waals surface area contributed by atoms with Gasteiger partial charge in [-0.15, -0.1) is 0 Å². The van der Waals surface area contributed by atoms with Crippen molar-refractivity contribution in [2.75, 3.05) is 18.5 Å². The van der Waals surface area contributed by atoms with Gasteiger partial charge in [0, 0.05) is 18.5 Å². The van der Waals surface area contributed by atoms with Crippen LogP contribution < -0.4 is 5.32 Å². The first kappa shape index (κ1) is 9.21. The van der Waals surface area contributed by atoms with Crippen LogP contribution in [0.25, 0.3) is 0 Å². The molecule has 0 saturated carbocycles. The number of anilines is 1. The summed E-state index contributed by atoms with van der Waals surface area (Å²) in [4.78, 5) is 10.8. The molecule has 74 valence electrons. The molecule has 1 amide bonds. The van der Waals surface area contributed by atoms with Crippen LogP contribution in [-0.4, -0.2) is 19.1 Å². The molecule has 0 aromatic heterocycles. The van der Waals surface area contributed by atoms with E-state index in [0.29, 0.717) is 5.92 Å². The van der Waals surface area contributed by atoms with Gasteiger partial charge < -0.3 is 10.1 Å². The van der Waals surface area contributed by atoms with E-state index < -0.39 is 0 Å². The molecule has 1 aliphatic heterocycles. The monoisotopic (exact) mass is 191 g/mol. The maximum atomic E-state index is 10.8. The van der Waals surface area contributed by atoms with Crippen LogP contribution in [0.15, 0.2) is 24.3 Å². The number of ether oxygens (including phenoxy) is 1. The van der Waals surface area contributed by atoms with Crippen LogP contribution in [0.1, 0.15) is 18.4 Å². The Morgan fingerprint density at radius 1 is 1.36 bits per heavy atom. The quantitative estimate of drug-likeness (QED) is 0.773. The smallest absolute Gasteiger partial charge is 0.221 e. The van der Waals surface area contributed by atoms with Crippen molar-refractivity contribution in [3.8, 4) is 0 Å². The van der Waals surface area contributed by atoms with Gasteiger partial charge in [-0.2, -0.15) is 0 Å². The molecular weight excluding hydrogens is 178 g/mol. The van der Waals surface area contributed by atoms with Crippen LogP contribution >= 0.6 is 0 Å². The Morgan fingerprint density at radius 3 is 2.43 bits per heavy atom. The van der Waals surface area contributed by atoms with Gasteiger partial charge in [-0.1, -0.05) is 12.1 Å². The van der Waals surface area contributed by atoms with Crippen LogP contribution in [0.4, 0.5) is 5.69 Å². The fourth-order valence-electron chi connectivity index (χ4n) is 1.47. The maximum absolute atomic E-state index is 10.8. The lowest BCUT2D eigenvalue weighted by Gasteiger charge is -2.26. The molecule has 1 aromatic rings. The molecule has 0 radical (unpaired) electrons. The molecule has 1 heterocycles. The van der Waals surface area contributed by atoms with E-state index >= 15 is 0 Å². The first-order valence-electron chi connectivity index (χ1n) is 4.71. The lowest BCUT2D eigenvalue weighted by molar-refractivity contribution is -0.114. The van der Waals surface area contributed by atoms with Crippen molar-refractivity contribution in [1.29, 1.82) is 0 Å². The molecule has 0 atom stereocenters. The van der Waals surface area contributed by atoms with E-state index in [0.717, 1.165) is 18.9 Å². The van der Waals surface area contributed by atoms with Gasteiger partial charge in [0.2, 0.25) is 5.91 Å². The maximum Gasteiger partial charge on any atom is 0.221 e. The van der Waals surface area contributed by atoms with Crippen LogP contribution in [0.2, 0.25) is 0 Å². The number of carbonyl (C=O) groups excluding carboxylic acids is 1. The molecule has 3 heteroatoms. The molecule has 3 nitrogen and oxygen atoms in total. The summed E-state index contributed by atoms with van der Waals surface area (Å²) in [6.07, 6.45) is 0. The minimum Gasteiger partial charge on any atom is -0.380 e. The minimum absolute atomic E-state index is 0.0373. The third-order valence-corrected chi connectivity index (χ3v) is 2.34. The second-order valence-electron chi connectivity index (χ2n) is 3.54. The molecule has 1 N–H and O–H groups in total. The lowest BCUT2D eigenvalue weighted by atomic mass is 9.97. The number of rotatable bonds is 2. The Bertz CT molecular complexity index is 328. The van der Waals surface area contributed by atoms with Crippen molar-refractivity contribution in [3.63, 3.8) is 0 Å². The average molecular weight is 191 g/mol. The summed E-state index contributed by atoms with van der Waals surface area (Å²) in [5, 5.41) is 2.74. The zero-order valence-corrected chi connectivity index (χ0v) is 8.12. The van der Waals surface area contributed by atoms with Crippen molar-refractivity contribution in [1.82, 2.24) is 0 Å². The number of hydrogen-bond donors (Lipinski definition) is 1. The molecule has 1 saturated heterocycles. The van der Waals surface area contributed by atoms with Gasteiger partial charge in [0.1, 0.15) is 0 Å². The first-order chi connectivity index (χ1) is 6.75. The number of hydrogen-bond acceptors (Lipinski definition) is 2. The largest absolute Gasteiger partial charge is 0.380 e. The van der Waals surface area contributed by atoms with E-state index in [-0.39, 0.29) is 5.91 Å². The Morgan fingerprint density at radius 2 is 2.00 bits per heavy atom. The fourth-order valence-corrected chi connectivity index (χ4v) is 1.47. The average Bonchev–Trinajstić information content (AvgIpc) is 2.04. The highest BCUT2D eigenvalue weighted by atomic mass is 16.5. The molecule has 14 heavy (non-hydrogen) atoms. The third-order valence-electron chi connectivity index (χ3n) is 2.34. The molecule has 1 aromatic carbocycles. The summed E-state index contributed by atoms with van der Waals surface area (Å²) >= 11 is 0. The number of carbonyl (C=O) groups is 1. The second kappa shape index (κ2) is 3.80. The van der Waals surface area contributed by atoms with Crippen LogP contribution in [0, 0.1) is 0 Å². The van der Waals surface area contributed by atoms with Crippen molar-refractivity contribution in [2.45, 2.75) is 12.8 Å². The summed E-state index contributed by atoms with van der Waals surface area (Å²) in [7, 11) is 0. The Kier molecular flexibility index (Phi) is 2.50. The molecule has 0 bridgehead atoms. The highest BCUT2D eigenvalue weighted by molar-refractivity contribution is 5.88. The first-order valence-corrected chi connectivity index (χ1v) is 4.71. The Labute approximate surface area is 83.1 Å². The summed E-state index contributed by atoms with van der Waals surface area (Å²) < 4.78 is 5.11. The molecule has 0 unspecified atom stereocenters. The molecular formula is C11H13NO2.